The van der Waals surface area contributed by atoms with Gasteiger partial charge < -0.3 is 10.1 Å². The summed E-state index contributed by atoms with van der Waals surface area (Å²) in [6.45, 7) is 10.1. The summed E-state index contributed by atoms with van der Waals surface area (Å²) in [5.74, 6) is 0. The van der Waals surface area contributed by atoms with Gasteiger partial charge in [-0.1, -0.05) is 23.8 Å². The molecular formula is C14H21NO2. The van der Waals surface area contributed by atoms with Crippen LogP contribution in [0.1, 0.15) is 37.5 Å². The van der Waals surface area contributed by atoms with Gasteiger partial charge in [-0.2, -0.15) is 0 Å². The summed E-state index contributed by atoms with van der Waals surface area (Å²) in [4.78, 5) is 11.5. The molecule has 1 amide bonds. The van der Waals surface area contributed by atoms with Crippen molar-refractivity contribution in [3.05, 3.63) is 34.9 Å². The fourth-order valence-corrected chi connectivity index (χ4v) is 1.47. The van der Waals surface area contributed by atoms with Gasteiger partial charge in [0, 0.05) is 6.54 Å². The molecule has 0 saturated carbocycles. The smallest absolute Gasteiger partial charge is 0.407 e. The summed E-state index contributed by atoms with van der Waals surface area (Å²) in [6.07, 6.45) is -0.376. The predicted octanol–water partition coefficient (Wildman–Crippen LogP) is 3.33. The number of benzene rings is 1. The highest BCUT2D eigenvalue weighted by atomic mass is 16.6. The third kappa shape index (κ3) is 4.89. The summed E-state index contributed by atoms with van der Waals surface area (Å²) < 4.78 is 5.18. The maximum atomic E-state index is 11.5. The Bertz CT molecular complexity index is 405. The van der Waals surface area contributed by atoms with Crippen LogP contribution >= 0.6 is 0 Å². The van der Waals surface area contributed by atoms with Gasteiger partial charge in [-0.25, -0.2) is 4.79 Å². The quantitative estimate of drug-likeness (QED) is 0.854. The van der Waals surface area contributed by atoms with Crippen molar-refractivity contribution in [3.63, 3.8) is 0 Å². The molecule has 0 fully saturated rings. The number of ether oxygens (including phenoxy) is 1. The Labute approximate surface area is 103 Å². The van der Waals surface area contributed by atoms with Crippen molar-refractivity contribution in [2.45, 2.75) is 46.8 Å². The molecule has 1 N–H and O–H groups in total. The average molecular weight is 235 g/mol. The van der Waals surface area contributed by atoms with E-state index in [0.717, 1.165) is 5.56 Å². The van der Waals surface area contributed by atoms with Gasteiger partial charge >= 0.3 is 6.09 Å². The van der Waals surface area contributed by atoms with Gasteiger partial charge in [0.05, 0.1) is 0 Å². The van der Waals surface area contributed by atoms with Crippen molar-refractivity contribution >= 4 is 6.09 Å². The average Bonchev–Trinajstić information content (AvgIpc) is 2.17. The predicted molar refractivity (Wildman–Crippen MR) is 69.0 cm³/mol. The van der Waals surface area contributed by atoms with Crippen molar-refractivity contribution in [2.75, 3.05) is 0 Å². The number of carbonyl (C=O) groups excluding carboxylic acids is 1. The molecule has 1 aromatic carbocycles. The number of amides is 1. The first-order chi connectivity index (χ1) is 7.78. The highest BCUT2D eigenvalue weighted by Gasteiger charge is 2.15. The first kappa shape index (κ1) is 13.6. The van der Waals surface area contributed by atoms with E-state index in [2.05, 4.69) is 23.5 Å². The van der Waals surface area contributed by atoms with Gasteiger partial charge in [0.1, 0.15) is 5.60 Å². The molecule has 3 nitrogen and oxygen atoms in total. The number of hydrogen-bond acceptors (Lipinski definition) is 2. The second-order valence-electron chi connectivity index (χ2n) is 5.29. The van der Waals surface area contributed by atoms with Crippen molar-refractivity contribution in [1.82, 2.24) is 5.32 Å². The number of hydrogen-bond donors (Lipinski definition) is 1. The lowest BCUT2D eigenvalue weighted by atomic mass is 10.1. The van der Waals surface area contributed by atoms with E-state index in [1.807, 2.05) is 34.6 Å². The molecule has 0 heterocycles. The van der Waals surface area contributed by atoms with Crippen molar-refractivity contribution < 1.29 is 9.53 Å². The number of alkyl carbamates (subject to hydrolysis) is 1. The molecule has 0 aliphatic heterocycles. The molecule has 0 spiro atoms. The van der Waals surface area contributed by atoms with E-state index in [-0.39, 0.29) is 6.09 Å². The molecule has 0 bridgehead atoms. The van der Waals surface area contributed by atoms with Gasteiger partial charge in [0.15, 0.2) is 0 Å². The van der Waals surface area contributed by atoms with Gasteiger partial charge in [-0.15, -0.1) is 0 Å². The maximum absolute atomic E-state index is 11.5. The fraction of sp³-hybridized carbons (Fsp3) is 0.500. The van der Waals surface area contributed by atoms with E-state index in [1.54, 1.807) is 0 Å². The highest BCUT2D eigenvalue weighted by molar-refractivity contribution is 5.67. The molecule has 0 radical (unpaired) electrons. The Morgan fingerprint density at radius 3 is 2.53 bits per heavy atom. The van der Waals surface area contributed by atoms with Gasteiger partial charge in [-0.05, 0) is 45.7 Å². The summed E-state index contributed by atoms with van der Waals surface area (Å²) in [5, 5.41) is 2.76. The van der Waals surface area contributed by atoms with Crippen LogP contribution in [0.5, 0.6) is 0 Å². The van der Waals surface area contributed by atoms with Crippen LogP contribution in [0.3, 0.4) is 0 Å². The second-order valence-corrected chi connectivity index (χ2v) is 5.29. The summed E-state index contributed by atoms with van der Waals surface area (Å²) in [7, 11) is 0. The standard InChI is InChI=1S/C14H21NO2/c1-10-6-7-11(2)12(8-10)9-15-13(16)17-14(3,4)5/h6-8H,9H2,1-5H3,(H,15,16). The van der Waals surface area contributed by atoms with Gasteiger partial charge in [0.25, 0.3) is 0 Å². The minimum atomic E-state index is -0.453. The Hall–Kier alpha value is -1.51. The molecule has 17 heavy (non-hydrogen) atoms. The number of aryl methyl sites for hydroxylation is 2. The van der Waals surface area contributed by atoms with E-state index < -0.39 is 5.60 Å². The van der Waals surface area contributed by atoms with Crippen molar-refractivity contribution in [3.8, 4) is 0 Å². The number of rotatable bonds is 2. The van der Waals surface area contributed by atoms with Crippen LogP contribution in [0.4, 0.5) is 4.79 Å². The summed E-state index contributed by atoms with van der Waals surface area (Å²) in [5.41, 5.74) is 3.03. The van der Waals surface area contributed by atoms with Crippen molar-refractivity contribution in [2.24, 2.45) is 0 Å². The van der Waals surface area contributed by atoms with Crippen LogP contribution in [0, 0.1) is 13.8 Å². The molecule has 0 aliphatic rings. The summed E-state index contributed by atoms with van der Waals surface area (Å²) >= 11 is 0. The van der Waals surface area contributed by atoms with E-state index >= 15 is 0 Å². The molecule has 0 aromatic heterocycles. The highest BCUT2D eigenvalue weighted by Crippen LogP contribution is 2.11. The zero-order valence-electron chi connectivity index (χ0n) is 11.3. The number of nitrogens with one attached hydrogen (secondary N) is 1. The first-order valence-electron chi connectivity index (χ1n) is 5.81. The van der Waals surface area contributed by atoms with Gasteiger partial charge in [0.2, 0.25) is 0 Å². The number of carbonyl (C=O) groups is 1. The molecule has 0 atom stereocenters. The Balaban J connectivity index is 2.56. The van der Waals surface area contributed by atoms with Gasteiger partial charge in [-0.3, -0.25) is 0 Å². The van der Waals surface area contributed by atoms with Crippen LogP contribution < -0.4 is 5.32 Å². The lowest BCUT2D eigenvalue weighted by Gasteiger charge is -2.20. The van der Waals surface area contributed by atoms with Crippen LogP contribution in [-0.4, -0.2) is 11.7 Å². The van der Waals surface area contributed by atoms with Crippen LogP contribution in [0.2, 0.25) is 0 Å². The first-order valence-corrected chi connectivity index (χ1v) is 5.81. The SMILES string of the molecule is Cc1ccc(C)c(CNC(=O)OC(C)(C)C)c1. The zero-order valence-corrected chi connectivity index (χ0v) is 11.3. The van der Waals surface area contributed by atoms with Crippen molar-refractivity contribution in [1.29, 1.82) is 0 Å². The second kappa shape index (κ2) is 5.21. The largest absolute Gasteiger partial charge is 0.444 e. The topological polar surface area (TPSA) is 38.3 Å². The zero-order chi connectivity index (χ0) is 13.1. The molecule has 0 saturated heterocycles. The minimum Gasteiger partial charge on any atom is -0.444 e. The van der Waals surface area contributed by atoms with E-state index in [1.165, 1.54) is 11.1 Å². The normalized spacial score (nSPS) is 11.1. The lowest BCUT2D eigenvalue weighted by Crippen LogP contribution is -2.32. The molecule has 1 rings (SSSR count). The fourth-order valence-electron chi connectivity index (χ4n) is 1.47. The maximum Gasteiger partial charge on any atom is 0.407 e. The molecule has 94 valence electrons. The third-order valence-corrected chi connectivity index (χ3v) is 2.33. The van der Waals surface area contributed by atoms with E-state index in [4.69, 9.17) is 4.74 Å². The van der Waals surface area contributed by atoms with Crippen LogP contribution in [0.15, 0.2) is 18.2 Å². The van der Waals surface area contributed by atoms with E-state index in [0.29, 0.717) is 6.54 Å². The Morgan fingerprint density at radius 1 is 1.29 bits per heavy atom. The van der Waals surface area contributed by atoms with Crippen LogP contribution in [0.25, 0.3) is 0 Å². The van der Waals surface area contributed by atoms with Crippen LogP contribution in [-0.2, 0) is 11.3 Å². The molecule has 3 heteroatoms. The molecule has 0 aliphatic carbocycles. The minimum absolute atomic E-state index is 0.376. The lowest BCUT2D eigenvalue weighted by molar-refractivity contribution is 0.0523. The monoisotopic (exact) mass is 235 g/mol. The molecule has 1 aromatic rings. The Kier molecular flexibility index (Phi) is 4.16. The van der Waals surface area contributed by atoms with E-state index in [9.17, 15) is 4.79 Å². The molecule has 0 unspecified atom stereocenters. The Morgan fingerprint density at radius 2 is 1.94 bits per heavy atom. The summed E-state index contributed by atoms with van der Waals surface area (Å²) in [6, 6.07) is 6.19. The third-order valence-electron chi connectivity index (χ3n) is 2.33. The molecular weight excluding hydrogens is 214 g/mol.